The zero-order valence-corrected chi connectivity index (χ0v) is 14.7. The van der Waals surface area contributed by atoms with Crippen molar-refractivity contribution in [1.29, 1.82) is 0 Å². The summed E-state index contributed by atoms with van der Waals surface area (Å²) in [7, 11) is 1.59. The van der Waals surface area contributed by atoms with E-state index in [9.17, 15) is 9.59 Å². The summed E-state index contributed by atoms with van der Waals surface area (Å²) in [4.78, 5) is 24.4. The van der Waals surface area contributed by atoms with Gasteiger partial charge in [-0.2, -0.15) is 5.10 Å². The van der Waals surface area contributed by atoms with Crippen LogP contribution < -0.4 is 10.6 Å². The van der Waals surface area contributed by atoms with Gasteiger partial charge in [-0.15, -0.1) is 0 Å². The van der Waals surface area contributed by atoms with Crippen molar-refractivity contribution in [2.75, 3.05) is 12.4 Å². The SMILES string of the molecule is CNC(=O)c1cccc(NC(=O)c2cnn(C3CCCCC3)c2)c1C. The van der Waals surface area contributed by atoms with Crippen LogP contribution in [-0.2, 0) is 0 Å². The third-order valence-electron chi connectivity index (χ3n) is 4.87. The Balaban J connectivity index is 1.74. The molecule has 0 atom stereocenters. The van der Waals surface area contributed by atoms with Crippen LogP contribution in [0.1, 0.15) is 64.4 Å². The molecule has 1 fully saturated rings. The fourth-order valence-corrected chi connectivity index (χ4v) is 3.35. The van der Waals surface area contributed by atoms with Crippen molar-refractivity contribution in [3.8, 4) is 0 Å². The van der Waals surface area contributed by atoms with E-state index in [0.717, 1.165) is 18.4 Å². The van der Waals surface area contributed by atoms with Crippen LogP contribution in [0.2, 0.25) is 0 Å². The molecule has 1 aromatic carbocycles. The van der Waals surface area contributed by atoms with E-state index in [2.05, 4.69) is 15.7 Å². The monoisotopic (exact) mass is 340 g/mol. The smallest absolute Gasteiger partial charge is 0.258 e. The number of hydrogen-bond acceptors (Lipinski definition) is 3. The van der Waals surface area contributed by atoms with Crippen LogP contribution in [0.25, 0.3) is 0 Å². The van der Waals surface area contributed by atoms with Crippen molar-refractivity contribution in [3.05, 3.63) is 47.3 Å². The molecule has 132 valence electrons. The van der Waals surface area contributed by atoms with Crippen LogP contribution in [0, 0.1) is 6.92 Å². The lowest BCUT2D eigenvalue weighted by atomic mass is 9.96. The molecule has 1 aliphatic rings. The van der Waals surface area contributed by atoms with Gasteiger partial charge in [0.2, 0.25) is 0 Å². The largest absolute Gasteiger partial charge is 0.355 e. The van der Waals surface area contributed by atoms with Gasteiger partial charge in [0.25, 0.3) is 11.8 Å². The van der Waals surface area contributed by atoms with E-state index in [-0.39, 0.29) is 11.8 Å². The molecule has 0 aliphatic heterocycles. The lowest BCUT2D eigenvalue weighted by Crippen LogP contribution is -2.20. The Labute approximate surface area is 147 Å². The van der Waals surface area contributed by atoms with Crippen LogP contribution in [0.15, 0.2) is 30.6 Å². The van der Waals surface area contributed by atoms with Crippen LogP contribution in [-0.4, -0.2) is 28.6 Å². The van der Waals surface area contributed by atoms with Gasteiger partial charge in [-0.3, -0.25) is 14.3 Å². The average Bonchev–Trinajstić information content (AvgIpc) is 3.14. The molecule has 3 rings (SSSR count). The molecular weight excluding hydrogens is 316 g/mol. The highest BCUT2D eigenvalue weighted by Gasteiger charge is 2.18. The van der Waals surface area contributed by atoms with Crippen molar-refractivity contribution < 1.29 is 9.59 Å². The number of aromatic nitrogens is 2. The standard InChI is InChI=1S/C19H24N4O2/c1-13-16(19(25)20-2)9-6-10-17(13)22-18(24)14-11-21-23(12-14)15-7-4-3-5-8-15/h6,9-12,15H,3-5,7-8H2,1-2H3,(H,20,25)(H,22,24). The van der Waals surface area contributed by atoms with E-state index in [4.69, 9.17) is 0 Å². The lowest BCUT2D eigenvalue weighted by Gasteiger charge is -2.21. The van der Waals surface area contributed by atoms with Gasteiger partial charge in [0.15, 0.2) is 0 Å². The first-order chi connectivity index (χ1) is 12.1. The predicted molar refractivity (Wildman–Crippen MR) is 96.9 cm³/mol. The number of amides is 2. The number of nitrogens with zero attached hydrogens (tertiary/aromatic N) is 2. The average molecular weight is 340 g/mol. The second-order valence-corrected chi connectivity index (χ2v) is 6.51. The zero-order chi connectivity index (χ0) is 17.8. The molecule has 25 heavy (non-hydrogen) atoms. The molecular formula is C19H24N4O2. The molecule has 0 radical (unpaired) electrons. The Morgan fingerprint density at radius 3 is 2.64 bits per heavy atom. The Morgan fingerprint density at radius 1 is 1.16 bits per heavy atom. The van der Waals surface area contributed by atoms with Gasteiger partial charge in [0.05, 0.1) is 17.8 Å². The van der Waals surface area contributed by atoms with E-state index in [1.165, 1.54) is 19.3 Å². The number of benzene rings is 1. The molecule has 2 N–H and O–H groups in total. The highest BCUT2D eigenvalue weighted by molar-refractivity contribution is 6.05. The first-order valence-electron chi connectivity index (χ1n) is 8.77. The fourth-order valence-electron chi connectivity index (χ4n) is 3.35. The van der Waals surface area contributed by atoms with Gasteiger partial charge >= 0.3 is 0 Å². The van der Waals surface area contributed by atoms with Crippen LogP contribution in [0.4, 0.5) is 5.69 Å². The van der Waals surface area contributed by atoms with Crippen molar-refractivity contribution in [2.45, 2.75) is 45.1 Å². The van der Waals surface area contributed by atoms with E-state index in [1.807, 2.05) is 17.8 Å². The maximum atomic E-state index is 12.5. The van der Waals surface area contributed by atoms with Gasteiger partial charge in [-0.05, 0) is 37.5 Å². The topological polar surface area (TPSA) is 76.0 Å². The quantitative estimate of drug-likeness (QED) is 0.896. The number of nitrogens with one attached hydrogen (secondary N) is 2. The Hall–Kier alpha value is -2.63. The van der Waals surface area contributed by atoms with Crippen LogP contribution in [0.3, 0.4) is 0 Å². The summed E-state index contributed by atoms with van der Waals surface area (Å²) in [6.45, 7) is 1.83. The highest BCUT2D eigenvalue weighted by Crippen LogP contribution is 2.27. The molecule has 2 amide bonds. The van der Waals surface area contributed by atoms with Crippen molar-refractivity contribution in [3.63, 3.8) is 0 Å². The van der Waals surface area contributed by atoms with Crippen LogP contribution >= 0.6 is 0 Å². The molecule has 6 heteroatoms. The molecule has 1 aliphatic carbocycles. The highest BCUT2D eigenvalue weighted by atomic mass is 16.2. The molecule has 1 heterocycles. The fraction of sp³-hybridized carbons (Fsp3) is 0.421. The summed E-state index contributed by atoms with van der Waals surface area (Å²) in [5.41, 5.74) is 2.47. The van der Waals surface area contributed by atoms with Gasteiger partial charge in [-0.25, -0.2) is 0 Å². The number of carbonyl (C=O) groups is 2. The summed E-state index contributed by atoms with van der Waals surface area (Å²) < 4.78 is 1.92. The number of rotatable bonds is 4. The normalized spacial score (nSPS) is 15.0. The Kier molecular flexibility index (Phi) is 5.16. The molecule has 0 bridgehead atoms. The molecule has 0 spiro atoms. The molecule has 1 aromatic heterocycles. The minimum absolute atomic E-state index is 0.168. The summed E-state index contributed by atoms with van der Waals surface area (Å²) in [6.07, 6.45) is 9.40. The van der Waals surface area contributed by atoms with Crippen molar-refractivity contribution in [2.24, 2.45) is 0 Å². The zero-order valence-electron chi connectivity index (χ0n) is 14.7. The van der Waals surface area contributed by atoms with Gasteiger partial charge in [0.1, 0.15) is 0 Å². The second kappa shape index (κ2) is 7.51. The first-order valence-corrected chi connectivity index (χ1v) is 8.77. The maximum absolute atomic E-state index is 12.5. The lowest BCUT2D eigenvalue weighted by molar-refractivity contribution is 0.0960. The van der Waals surface area contributed by atoms with Crippen LogP contribution in [0.5, 0.6) is 0 Å². The molecule has 1 saturated carbocycles. The van der Waals surface area contributed by atoms with E-state index >= 15 is 0 Å². The van der Waals surface area contributed by atoms with Crippen molar-refractivity contribution in [1.82, 2.24) is 15.1 Å². The molecule has 6 nitrogen and oxygen atoms in total. The summed E-state index contributed by atoms with van der Waals surface area (Å²) in [6, 6.07) is 5.70. The Morgan fingerprint density at radius 2 is 1.92 bits per heavy atom. The maximum Gasteiger partial charge on any atom is 0.258 e. The Bertz CT molecular complexity index is 775. The van der Waals surface area contributed by atoms with E-state index in [0.29, 0.717) is 22.9 Å². The van der Waals surface area contributed by atoms with E-state index < -0.39 is 0 Å². The molecule has 0 unspecified atom stereocenters. The third kappa shape index (κ3) is 3.73. The minimum atomic E-state index is -0.209. The number of carbonyl (C=O) groups excluding carboxylic acids is 2. The van der Waals surface area contributed by atoms with Crippen molar-refractivity contribution >= 4 is 17.5 Å². The summed E-state index contributed by atoms with van der Waals surface area (Å²) >= 11 is 0. The van der Waals surface area contributed by atoms with Gasteiger partial charge in [-0.1, -0.05) is 25.3 Å². The van der Waals surface area contributed by atoms with E-state index in [1.54, 1.807) is 31.4 Å². The van der Waals surface area contributed by atoms with Gasteiger partial charge in [0, 0.05) is 24.5 Å². The molecule has 0 saturated heterocycles. The second-order valence-electron chi connectivity index (χ2n) is 6.51. The first kappa shape index (κ1) is 17.2. The summed E-state index contributed by atoms with van der Waals surface area (Å²) in [5.74, 6) is -0.377. The third-order valence-corrected chi connectivity index (χ3v) is 4.87. The van der Waals surface area contributed by atoms with Gasteiger partial charge < -0.3 is 10.6 Å². The molecule has 2 aromatic rings. The predicted octanol–water partition coefficient (Wildman–Crippen LogP) is 3.31. The summed E-state index contributed by atoms with van der Waals surface area (Å²) in [5, 5.41) is 9.87. The number of anilines is 1. The number of hydrogen-bond donors (Lipinski definition) is 2. The minimum Gasteiger partial charge on any atom is -0.355 e.